The topological polar surface area (TPSA) is 54.5 Å². The number of halogens is 1. The van der Waals surface area contributed by atoms with Gasteiger partial charge in [-0.15, -0.1) is 0 Å². The fourth-order valence-electron chi connectivity index (χ4n) is 1.98. The van der Waals surface area contributed by atoms with Crippen molar-refractivity contribution in [3.8, 4) is 0 Å². The lowest BCUT2D eigenvalue weighted by molar-refractivity contribution is -0.117. The van der Waals surface area contributed by atoms with E-state index >= 15 is 0 Å². The molecular formula is C11H12ClNO3S. The first kappa shape index (κ1) is 12.4. The second-order valence-corrected chi connectivity index (χ2v) is 6.52. The van der Waals surface area contributed by atoms with E-state index in [9.17, 15) is 13.2 Å². The maximum Gasteiger partial charge on any atom is 0.261 e. The predicted octanol–water partition coefficient (Wildman–Crippen LogP) is 1.91. The maximum atomic E-state index is 11.7. The van der Waals surface area contributed by atoms with Gasteiger partial charge in [0.2, 0.25) is 5.91 Å². The van der Waals surface area contributed by atoms with Gasteiger partial charge in [-0.1, -0.05) is 6.92 Å². The Kier molecular flexibility index (Phi) is 3.14. The minimum atomic E-state index is -3.73. The summed E-state index contributed by atoms with van der Waals surface area (Å²) in [6, 6.07) is 4.55. The number of nitrogens with zero attached hydrogens (tertiary/aromatic N) is 1. The van der Waals surface area contributed by atoms with Crippen LogP contribution < -0.4 is 4.90 Å². The van der Waals surface area contributed by atoms with Gasteiger partial charge >= 0.3 is 0 Å². The van der Waals surface area contributed by atoms with Crippen LogP contribution in [0.15, 0.2) is 23.1 Å². The van der Waals surface area contributed by atoms with Crippen molar-refractivity contribution in [2.75, 3.05) is 11.4 Å². The number of amides is 1. The average molecular weight is 274 g/mol. The number of carbonyl (C=O) groups excluding carboxylic acids is 1. The van der Waals surface area contributed by atoms with Crippen molar-refractivity contribution < 1.29 is 13.2 Å². The second-order valence-electron chi connectivity index (χ2n) is 3.95. The molecule has 1 aliphatic rings. The van der Waals surface area contributed by atoms with Gasteiger partial charge in [0.05, 0.1) is 11.3 Å². The van der Waals surface area contributed by atoms with Gasteiger partial charge < -0.3 is 4.90 Å². The Morgan fingerprint density at radius 3 is 2.71 bits per heavy atom. The Morgan fingerprint density at radius 1 is 1.41 bits per heavy atom. The van der Waals surface area contributed by atoms with E-state index in [2.05, 4.69) is 0 Å². The molecule has 0 atom stereocenters. The van der Waals surface area contributed by atoms with Crippen LogP contribution in [0.4, 0.5) is 5.69 Å². The molecule has 0 aromatic heterocycles. The molecule has 1 aromatic rings. The van der Waals surface area contributed by atoms with Gasteiger partial charge in [0.25, 0.3) is 9.05 Å². The van der Waals surface area contributed by atoms with Crippen molar-refractivity contribution in [2.24, 2.45) is 0 Å². The van der Waals surface area contributed by atoms with E-state index in [1.807, 2.05) is 6.92 Å². The summed E-state index contributed by atoms with van der Waals surface area (Å²) in [4.78, 5) is 13.5. The quantitative estimate of drug-likeness (QED) is 0.791. The molecule has 0 radical (unpaired) electrons. The molecule has 0 spiro atoms. The van der Waals surface area contributed by atoms with Crippen LogP contribution in [0.25, 0.3) is 0 Å². The Bertz CT molecular complexity index is 568. The summed E-state index contributed by atoms with van der Waals surface area (Å²) < 4.78 is 22.4. The average Bonchev–Trinajstić information content (AvgIpc) is 2.54. The Hall–Kier alpha value is -1.07. The van der Waals surface area contributed by atoms with E-state index in [1.54, 1.807) is 11.0 Å². The van der Waals surface area contributed by atoms with Crippen molar-refractivity contribution in [3.63, 3.8) is 0 Å². The highest BCUT2D eigenvalue weighted by molar-refractivity contribution is 8.13. The SMILES string of the molecule is CCCN1C(=O)Cc2cc(S(=O)(=O)Cl)ccc21. The highest BCUT2D eigenvalue weighted by atomic mass is 35.7. The molecule has 92 valence electrons. The summed E-state index contributed by atoms with van der Waals surface area (Å²) in [5.74, 6) is 0.00553. The van der Waals surface area contributed by atoms with Crippen LogP contribution in [0.3, 0.4) is 0 Å². The highest BCUT2D eigenvalue weighted by Crippen LogP contribution is 2.31. The van der Waals surface area contributed by atoms with Crippen LogP contribution in [0.2, 0.25) is 0 Å². The summed E-state index contributed by atoms with van der Waals surface area (Å²) in [6.45, 7) is 2.64. The lowest BCUT2D eigenvalue weighted by atomic mass is 10.2. The number of carbonyl (C=O) groups is 1. The Morgan fingerprint density at radius 2 is 2.12 bits per heavy atom. The molecule has 0 aliphatic carbocycles. The van der Waals surface area contributed by atoms with E-state index in [0.717, 1.165) is 17.7 Å². The number of rotatable bonds is 3. The number of fused-ring (bicyclic) bond motifs is 1. The second kappa shape index (κ2) is 4.31. The maximum absolute atomic E-state index is 11.7. The third-order valence-electron chi connectivity index (χ3n) is 2.71. The normalized spacial score (nSPS) is 15.2. The zero-order valence-corrected chi connectivity index (χ0v) is 10.9. The molecule has 1 amide bonds. The molecule has 17 heavy (non-hydrogen) atoms. The predicted molar refractivity (Wildman–Crippen MR) is 65.8 cm³/mol. The molecule has 4 nitrogen and oxygen atoms in total. The fraction of sp³-hybridized carbons (Fsp3) is 0.364. The molecule has 0 saturated heterocycles. The molecular weight excluding hydrogens is 262 g/mol. The van der Waals surface area contributed by atoms with Crippen molar-refractivity contribution in [1.82, 2.24) is 0 Å². The fourth-order valence-corrected chi connectivity index (χ4v) is 2.78. The summed E-state index contributed by atoms with van der Waals surface area (Å²) in [6.07, 6.45) is 1.11. The first-order valence-electron chi connectivity index (χ1n) is 5.31. The molecule has 2 rings (SSSR count). The first-order valence-corrected chi connectivity index (χ1v) is 7.62. The monoisotopic (exact) mass is 273 g/mol. The van der Waals surface area contributed by atoms with E-state index in [1.165, 1.54) is 12.1 Å². The number of anilines is 1. The van der Waals surface area contributed by atoms with Crippen molar-refractivity contribution >= 4 is 31.3 Å². The zero-order chi connectivity index (χ0) is 12.6. The van der Waals surface area contributed by atoms with Crippen LogP contribution in [-0.2, 0) is 20.3 Å². The third-order valence-corrected chi connectivity index (χ3v) is 4.06. The van der Waals surface area contributed by atoms with Gasteiger partial charge in [-0.3, -0.25) is 4.79 Å². The zero-order valence-electron chi connectivity index (χ0n) is 9.31. The first-order chi connectivity index (χ1) is 7.93. The van der Waals surface area contributed by atoms with E-state index < -0.39 is 9.05 Å². The van der Waals surface area contributed by atoms with Crippen molar-refractivity contribution in [1.29, 1.82) is 0 Å². The number of hydrogen-bond acceptors (Lipinski definition) is 3. The molecule has 6 heteroatoms. The van der Waals surface area contributed by atoms with Gasteiger partial charge in [0.15, 0.2) is 0 Å². The summed E-state index contributed by atoms with van der Waals surface area (Å²) >= 11 is 0. The highest BCUT2D eigenvalue weighted by Gasteiger charge is 2.27. The molecule has 0 bridgehead atoms. The smallest absolute Gasteiger partial charge is 0.261 e. The van der Waals surface area contributed by atoms with Gasteiger partial charge in [-0.25, -0.2) is 8.42 Å². The minimum absolute atomic E-state index is 0.00553. The molecule has 1 aromatic carbocycles. The standard InChI is InChI=1S/C11H12ClNO3S/c1-2-5-13-10-4-3-9(17(12,15)16)6-8(10)7-11(13)14/h3-4,6H,2,5,7H2,1H3. The van der Waals surface area contributed by atoms with Crippen LogP contribution in [0.5, 0.6) is 0 Å². The third kappa shape index (κ3) is 2.30. The number of hydrogen-bond donors (Lipinski definition) is 0. The van der Waals surface area contributed by atoms with Crippen molar-refractivity contribution in [2.45, 2.75) is 24.7 Å². The van der Waals surface area contributed by atoms with E-state index in [-0.39, 0.29) is 17.2 Å². The lowest BCUT2D eigenvalue weighted by Gasteiger charge is -2.16. The van der Waals surface area contributed by atoms with Crippen LogP contribution in [0.1, 0.15) is 18.9 Å². The lowest BCUT2D eigenvalue weighted by Crippen LogP contribution is -2.27. The van der Waals surface area contributed by atoms with Crippen LogP contribution in [0, 0.1) is 0 Å². The molecule has 1 heterocycles. The van der Waals surface area contributed by atoms with Crippen LogP contribution >= 0.6 is 10.7 Å². The summed E-state index contributed by atoms with van der Waals surface area (Å²) in [5.41, 5.74) is 1.52. The molecule has 1 aliphatic heterocycles. The summed E-state index contributed by atoms with van der Waals surface area (Å²) in [5, 5.41) is 0. The Labute approximate surface area is 105 Å². The molecule has 0 saturated carbocycles. The minimum Gasteiger partial charge on any atom is -0.312 e. The van der Waals surface area contributed by atoms with Gasteiger partial charge in [0, 0.05) is 22.9 Å². The molecule has 0 fully saturated rings. The van der Waals surface area contributed by atoms with Gasteiger partial charge in [-0.2, -0.15) is 0 Å². The number of benzene rings is 1. The largest absolute Gasteiger partial charge is 0.312 e. The molecule has 0 unspecified atom stereocenters. The van der Waals surface area contributed by atoms with E-state index in [4.69, 9.17) is 10.7 Å². The van der Waals surface area contributed by atoms with Gasteiger partial charge in [-0.05, 0) is 30.2 Å². The summed E-state index contributed by atoms with van der Waals surface area (Å²) in [7, 11) is 1.54. The molecule has 0 N–H and O–H groups in total. The van der Waals surface area contributed by atoms with Gasteiger partial charge in [0.1, 0.15) is 0 Å². The Balaban J connectivity index is 2.45. The van der Waals surface area contributed by atoms with E-state index in [0.29, 0.717) is 6.54 Å². The van der Waals surface area contributed by atoms with Crippen molar-refractivity contribution in [3.05, 3.63) is 23.8 Å². The van der Waals surface area contributed by atoms with Crippen LogP contribution in [-0.4, -0.2) is 20.9 Å².